The van der Waals surface area contributed by atoms with Crippen molar-refractivity contribution in [2.75, 3.05) is 31.7 Å². The third-order valence-electron chi connectivity index (χ3n) is 5.04. The average molecular weight is 350 g/mol. The summed E-state index contributed by atoms with van der Waals surface area (Å²) in [5, 5.41) is 0.857. The molecule has 5 nitrogen and oxygen atoms in total. The van der Waals surface area contributed by atoms with Crippen LogP contribution < -0.4 is 10.5 Å². The molecule has 4 rings (SSSR count). The van der Waals surface area contributed by atoms with Gasteiger partial charge in [-0.25, -0.2) is 4.79 Å². The monoisotopic (exact) mass is 350 g/mol. The predicted octanol–water partition coefficient (Wildman–Crippen LogP) is 3.64. The van der Waals surface area contributed by atoms with Gasteiger partial charge in [0.2, 0.25) is 5.71 Å². The van der Waals surface area contributed by atoms with Crippen molar-refractivity contribution in [2.24, 2.45) is 5.92 Å². The highest BCUT2D eigenvalue weighted by Crippen LogP contribution is 2.31. The lowest BCUT2D eigenvalue weighted by molar-refractivity contribution is 0.161. The van der Waals surface area contributed by atoms with Gasteiger partial charge in [-0.1, -0.05) is 24.3 Å². The number of anilines is 1. The molecular weight excluding hydrogens is 328 g/mol. The second kappa shape index (κ2) is 6.92. The summed E-state index contributed by atoms with van der Waals surface area (Å²) < 4.78 is 10.7. The van der Waals surface area contributed by atoms with Crippen LogP contribution in [-0.2, 0) is 4.74 Å². The van der Waals surface area contributed by atoms with E-state index in [1.165, 1.54) is 0 Å². The lowest BCUT2D eigenvalue weighted by Crippen LogP contribution is -2.22. The number of fused-ring (bicyclic) bond motifs is 1. The lowest BCUT2D eigenvalue weighted by atomic mass is 9.99. The van der Waals surface area contributed by atoms with Crippen molar-refractivity contribution < 1.29 is 9.15 Å². The van der Waals surface area contributed by atoms with Gasteiger partial charge in [-0.05, 0) is 36.6 Å². The molecule has 1 saturated heterocycles. The fraction of sp³-hybridized carbons (Fsp3) is 0.333. The van der Waals surface area contributed by atoms with Gasteiger partial charge >= 0.3 is 5.63 Å². The van der Waals surface area contributed by atoms with Crippen LogP contribution in [0.1, 0.15) is 12.0 Å². The van der Waals surface area contributed by atoms with E-state index in [-0.39, 0.29) is 5.63 Å². The van der Waals surface area contributed by atoms with Crippen LogP contribution >= 0.6 is 0 Å². The summed E-state index contributed by atoms with van der Waals surface area (Å²) in [5.74, 6) is 1.36. The number of methoxy groups -OCH3 is 1. The molecule has 0 spiro atoms. The van der Waals surface area contributed by atoms with Gasteiger partial charge in [0.05, 0.1) is 6.61 Å². The molecule has 3 aromatic rings. The Labute approximate surface area is 152 Å². The number of pyridine rings is 1. The van der Waals surface area contributed by atoms with Gasteiger partial charge in [-0.15, -0.1) is 0 Å². The molecule has 0 aliphatic carbocycles. The molecule has 1 aromatic carbocycles. The number of rotatable bonds is 4. The third-order valence-corrected chi connectivity index (χ3v) is 5.04. The molecular formula is C21H22N2O3. The maximum atomic E-state index is 12.1. The Bertz CT molecular complexity index is 996. The molecule has 1 aliphatic rings. The van der Waals surface area contributed by atoms with Gasteiger partial charge in [0, 0.05) is 43.1 Å². The maximum absolute atomic E-state index is 12.1. The smallest absolute Gasteiger partial charge is 0.338 e. The van der Waals surface area contributed by atoms with Crippen molar-refractivity contribution in [3.63, 3.8) is 0 Å². The molecule has 3 heterocycles. The SMILES string of the molecule is COC[C@@H]1CCN(c2ccc3c(-c4ccccc4C)cc(=O)oc3n2)C1. The lowest BCUT2D eigenvalue weighted by Gasteiger charge is -2.18. The van der Waals surface area contributed by atoms with Crippen LogP contribution in [0.4, 0.5) is 5.82 Å². The fourth-order valence-corrected chi connectivity index (χ4v) is 3.72. The number of benzene rings is 1. The number of hydrogen-bond acceptors (Lipinski definition) is 5. The molecule has 0 bridgehead atoms. The first-order valence-electron chi connectivity index (χ1n) is 8.90. The van der Waals surface area contributed by atoms with Crippen LogP contribution in [0.3, 0.4) is 0 Å². The van der Waals surface area contributed by atoms with E-state index >= 15 is 0 Å². The molecule has 0 amide bonds. The largest absolute Gasteiger partial charge is 0.404 e. The van der Waals surface area contributed by atoms with E-state index in [2.05, 4.69) is 9.88 Å². The zero-order chi connectivity index (χ0) is 18.1. The average Bonchev–Trinajstić information content (AvgIpc) is 3.10. The normalized spacial score (nSPS) is 17.2. The first-order chi connectivity index (χ1) is 12.7. The summed E-state index contributed by atoms with van der Waals surface area (Å²) in [6.07, 6.45) is 1.08. The first-order valence-corrected chi connectivity index (χ1v) is 8.90. The Morgan fingerprint density at radius 2 is 2.08 bits per heavy atom. The summed E-state index contributed by atoms with van der Waals surface area (Å²) >= 11 is 0. The highest BCUT2D eigenvalue weighted by Gasteiger charge is 2.24. The van der Waals surface area contributed by atoms with Crippen LogP contribution in [-0.4, -0.2) is 31.8 Å². The predicted molar refractivity (Wildman–Crippen MR) is 103 cm³/mol. The second-order valence-electron chi connectivity index (χ2n) is 6.87. The van der Waals surface area contributed by atoms with E-state index in [0.717, 1.165) is 54.0 Å². The molecule has 1 atom stereocenters. The number of aromatic nitrogens is 1. The molecule has 0 radical (unpaired) electrons. The van der Waals surface area contributed by atoms with Gasteiger partial charge in [0.15, 0.2) is 0 Å². The van der Waals surface area contributed by atoms with E-state index in [0.29, 0.717) is 11.6 Å². The Hall–Kier alpha value is -2.66. The number of ether oxygens (including phenoxy) is 1. The number of aryl methyl sites for hydroxylation is 1. The Kier molecular flexibility index (Phi) is 4.47. The zero-order valence-corrected chi connectivity index (χ0v) is 15.1. The second-order valence-corrected chi connectivity index (χ2v) is 6.87. The van der Waals surface area contributed by atoms with Crippen molar-refractivity contribution >= 4 is 16.9 Å². The molecule has 0 N–H and O–H groups in total. The van der Waals surface area contributed by atoms with Gasteiger partial charge in [0.1, 0.15) is 5.82 Å². The van der Waals surface area contributed by atoms with Crippen LogP contribution in [0, 0.1) is 12.8 Å². The topological polar surface area (TPSA) is 55.6 Å². The van der Waals surface area contributed by atoms with Crippen LogP contribution in [0.25, 0.3) is 22.2 Å². The standard InChI is InChI=1S/C21H22N2O3/c1-14-5-3-4-6-16(14)18-11-20(24)26-21-17(18)7-8-19(22-21)23-10-9-15(12-23)13-25-2/h3-8,11,15H,9-10,12-13H2,1-2H3/t15-/m1/s1. The maximum Gasteiger partial charge on any atom is 0.338 e. The zero-order valence-electron chi connectivity index (χ0n) is 15.1. The van der Waals surface area contributed by atoms with Crippen molar-refractivity contribution in [1.82, 2.24) is 4.98 Å². The van der Waals surface area contributed by atoms with Gasteiger partial charge in [0.25, 0.3) is 0 Å². The summed E-state index contributed by atoms with van der Waals surface area (Å²) in [6, 6.07) is 13.6. The Balaban J connectivity index is 1.76. The first kappa shape index (κ1) is 16.8. The molecule has 1 fully saturated rings. The van der Waals surface area contributed by atoms with Crippen LogP contribution in [0.2, 0.25) is 0 Å². The van der Waals surface area contributed by atoms with E-state index in [9.17, 15) is 4.79 Å². The molecule has 2 aromatic heterocycles. The van der Waals surface area contributed by atoms with E-state index in [4.69, 9.17) is 9.15 Å². The quantitative estimate of drug-likeness (QED) is 0.719. The highest BCUT2D eigenvalue weighted by atomic mass is 16.5. The van der Waals surface area contributed by atoms with E-state index in [1.54, 1.807) is 13.2 Å². The van der Waals surface area contributed by atoms with Crippen molar-refractivity contribution in [1.29, 1.82) is 0 Å². The van der Waals surface area contributed by atoms with E-state index < -0.39 is 0 Å². The van der Waals surface area contributed by atoms with Gasteiger partial charge in [-0.3, -0.25) is 0 Å². The summed E-state index contributed by atoms with van der Waals surface area (Å²) in [6.45, 7) is 4.65. The Morgan fingerprint density at radius 1 is 1.23 bits per heavy atom. The molecule has 0 unspecified atom stereocenters. The van der Waals surface area contributed by atoms with E-state index in [1.807, 2.05) is 43.3 Å². The molecule has 5 heteroatoms. The van der Waals surface area contributed by atoms with Crippen LogP contribution in [0.15, 0.2) is 51.7 Å². The summed E-state index contributed by atoms with van der Waals surface area (Å²) in [4.78, 5) is 19.0. The minimum atomic E-state index is -0.376. The molecule has 1 aliphatic heterocycles. The summed E-state index contributed by atoms with van der Waals surface area (Å²) in [5.41, 5.74) is 3.03. The van der Waals surface area contributed by atoms with Gasteiger partial charge in [-0.2, -0.15) is 4.98 Å². The third kappa shape index (κ3) is 3.10. The fourth-order valence-electron chi connectivity index (χ4n) is 3.72. The van der Waals surface area contributed by atoms with Crippen molar-refractivity contribution in [3.8, 4) is 11.1 Å². The molecule has 26 heavy (non-hydrogen) atoms. The summed E-state index contributed by atoms with van der Waals surface area (Å²) in [7, 11) is 1.73. The van der Waals surface area contributed by atoms with Crippen LogP contribution in [0.5, 0.6) is 0 Å². The number of nitrogens with zero attached hydrogens (tertiary/aromatic N) is 2. The molecule has 0 saturated carbocycles. The highest BCUT2D eigenvalue weighted by molar-refractivity contribution is 5.92. The number of hydrogen-bond donors (Lipinski definition) is 0. The van der Waals surface area contributed by atoms with Gasteiger partial charge < -0.3 is 14.1 Å². The van der Waals surface area contributed by atoms with Crippen molar-refractivity contribution in [2.45, 2.75) is 13.3 Å². The Morgan fingerprint density at radius 3 is 2.88 bits per heavy atom. The minimum absolute atomic E-state index is 0.376. The minimum Gasteiger partial charge on any atom is -0.404 e. The van der Waals surface area contributed by atoms with Crippen molar-refractivity contribution in [3.05, 3.63) is 58.4 Å². The molecule has 134 valence electrons.